The molecule has 0 radical (unpaired) electrons. The molecule has 0 atom stereocenters. The van der Waals surface area contributed by atoms with Crippen molar-refractivity contribution in [3.63, 3.8) is 0 Å². The molecule has 102 valence electrons. The molecule has 0 saturated heterocycles. The van der Waals surface area contributed by atoms with E-state index >= 15 is 0 Å². The number of hydrogen-bond acceptors (Lipinski definition) is 5. The predicted octanol–water partition coefficient (Wildman–Crippen LogP) is 0.218. The maximum absolute atomic E-state index is 11.4. The van der Waals surface area contributed by atoms with Gasteiger partial charge in [0.1, 0.15) is 0 Å². The first kappa shape index (κ1) is 15.0. The fourth-order valence-corrected chi connectivity index (χ4v) is 2.82. The zero-order valence-electron chi connectivity index (χ0n) is 9.84. The topological polar surface area (TPSA) is 108 Å². The molecule has 0 saturated carbocycles. The highest BCUT2D eigenvalue weighted by atomic mass is 32.2. The Labute approximate surface area is 109 Å². The van der Waals surface area contributed by atoms with Gasteiger partial charge in [-0.1, -0.05) is 6.92 Å². The molecule has 0 aliphatic rings. The first-order chi connectivity index (χ1) is 8.44. The van der Waals surface area contributed by atoms with Gasteiger partial charge in [-0.15, -0.1) is 11.3 Å². The molecule has 7 nitrogen and oxygen atoms in total. The zero-order chi connectivity index (χ0) is 13.6. The summed E-state index contributed by atoms with van der Waals surface area (Å²) in [5.74, 6) is -1.08. The number of carboxylic acid groups (broad SMARTS) is 1. The van der Waals surface area contributed by atoms with Gasteiger partial charge in [-0.3, -0.25) is 0 Å². The molecule has 0 bridgehead atoms. The number of aromatic nitrogens is 1. The summed E-state index contributed by atoms with van der Waals surface area (Å²) in [5, 5.41) is 10.7. The minimum atomic E-state index is -3.46. The first-order valence-electron chi connectivity index (χ1n) is 5.36. The molecule has 0 aliphatic carbocycles. The molecule has 18 heavy (non-hydrogen) atoms. The number of hydrogen-bond donors (Lipinski definition) is 3. The van der Waals surface area contributed by atoms with Crippen LogP contribution in [0.3, 0.4) is 0 Å². The molecule has 9 heteroatoms. The summed E-state index contributed by atoms with van der Waals surface area (Å²) in [6.45, 7) is 2.44. The first-order valence-corrected chi connectivity index (χ1v) is 7.73. The van der Waals surface area contributed by atoms with Crippen LogP contribution in [0.15, 0.2) is 5.38 Å². The van der Waals surface area contributed by atoms with Crippen molar-refractivity contribution >= 4 is 27.5 Å². The second-order valence-corrected chi connectivity index (χ2v) is 6.00. The summed E-state index contributed by atoms with van der Waals surface area (Å²) in [6, 6.07) is 0. The Balaban J connectivity index is 2.39. The van der Waals surface area contributed by atoms with Crippen molar-refractivity contribution in [3.8, 4) is 0 Å². The normalized spacial score (nSPS) is 11.6. The molecular formula is C9H15N3O4S2. The predicted molar refractivity (Wildman–Crippen MR) is 68.0 cm³/mol. The van der Waals surface area contributed by atoms with E-state index in [1.807, 2.05) is 6.92 Å². The van der Waals surface area contributed by atoms with Gasteiger partial charge >= 0.3 is 5.97 Å². The summed E-state index contributed by atoms with van der Waals surface area (Å²) < 4.78 is 27.4. The van der Waals surface area contributed by atoms with E-state index in [9.17, 15) is 13.2 Å². The SMILES string of the molecule is CCCNS(=O)(=O)NCCc1nc(C(=O)O)cs1. The Morgan fingerprint density at radius 2 is 2.11 bits per heavy atom. The van der Waals surface area contributed by atoms with Crippen molar-refractivity contribution < 1.29 is 18.3 Å². The van der Waals surface area contributed by atoms with Gasteiger partial charge in [0.2, 0.25) is 0 Å². The van der Waals surface area contributed by atoms with E-state index in [0.717, 1.165) is 6.42 Å². The van der Waals surface area contributed by atoms with Gasteiger partial charge in [0, 0.05) is 24.9 Å². The second-order valence-electron chi connectivity index (χ2n) is 3.47. The minimum absolute atomic E-state index is 0.0121. The largest absolute Gasteiger partial charge is 0.476 e. The van der Waals surface area contributed by atoms with E-state index in [1.165, 1.54) is 16.7 Å². The van der Waals surface area contributed by atoms with Crippen molar-refractivity contribution in [2.45, 2.75) is 19.8 Å². The van der Waals surface area contributed by atoms with Crippen LogP contribution < -0.4 is 9.44 Å². The highest BCUT2D eigenvalue weighted by Gasteiger charge is 2.10. The Morgan fingerprint density at radius 1 is 1.44 bits per heavy atom. The molecule has 0 unspecified atom stereocenters. The van der Waals surface area contributed by atoms with Gasteiger partial charge in [-0.05, 0) is 6.42 Å². The van der Waals surface area contributed by atoms with Gasteiger partial charge in [0.15, 0.2) is 5.69 Å². The third-order valence-corrected chi connectivity index (χ3v) is 4.02. The lowest BCUT2D eigenvalue weighted by Crippen LogP contribution is -2.37. The van der Waals surface area contributed by atoms with Gasteiger partial charge in [0.25, 0.3) is 10.2 Å². The number of carboxylic acids is 1. The van der Waals surface area contributed by atoms with E-state index < -0.39 is 16.2 Å². The fraction of sp³-hybridized carbons (Fsp3) is 0.556. The molecule has 1 aromatic rings. The van der Waals surface area contributed by atoms with Gasteiger partial charge in [-0.2, -0.15) is 8.42 Å². The van der Waals surface area contributed by atoms with E-state index in [1.54, 1.807) is 0 Å². The molecule has 0 aliphatic heterocycles. The Hall–Kier alpha value is -1.03. The van der Waals surface area contributed by atoms with Crippen LogP contribution in [0.2, 0.25) is 0 Å². The lowest BCUT2D eigenvalue weighted by molar-refractivity contribution is 0.0691. The summed E-state index contributed by atoms with van der Waals surface area (Å²) >= 11 is 1.20. The van der Waals surface area contributed by atoms with Crippen LogP contribution in [0.5, 0.6) is 0 Å². The lowest BCUT2D eigenvalue weighted by Gasteiger charge is -2.05. The van der Waals surface area contributed by atoms with Gasteiger partial charge in [0.05, 0.1) is 5.01 Å². The van der Waals surface area contributed by atoms with Gasteiger partial charge in [-0.25, -0.2) is 19.2 Å². The Morgan fingerprint density at radius 3 is 2.67 bits per heavy atom. The molecule has 3 N–H and O–H groups in total. The Bertz CT molecular complexity index is 498. The molecule has 1 heterocycles. The second kappa shape index (κ2) is 6.78. The number of aromatic carboxylic acids is 1. The highest BCUT2D eigenvalue weighted by Crippen LogP contribution is 2.09. The van der Waals surface area contributed by atoms with Crippen molar-refractivity contribution in [2.24, 2.45) is 0 Å². The summed E-state index contributed by atoms with van der Waals surface area (Å²) in [4.78, 5) is 14.4. The molecule has 0 amide bonds. The average molecular weight is 293 g/mol. The van der Waals surface area contributed by atoms with Crippen LogP contribution in [0.1, 0.15) is 28.8 Å². The number of rotatable bonds is 8. The average Bonchev–Trinajstić information content (AvgIpc) is 2.75. The van der Waals surface area contributed by atoms with E-state index in [0.29, 0.717) is 18.0 Å². The van der Waals surface area contributed by atoms with Crippen LogP contribution in [-0.2, 0) is 16.6 Å². The van der Waals surface area contributed by atoms with Crippen LogP contribution >= 0.6 is 11.3 Å². The third-order valence-electron chi connectivity index (χ3n) is 1.94. The minimum Gasteiger partial charge on any atom is -0.476 e. The van der Waals surface area contributed by atoms with Gasteiger partial charge < -0.3 is 5.11 Å². The zero-order valence-corrected chi connectivity index (χ0v) is 11.5. The Kier molecular flexibility index (Phi) is 5.66. The van der Waals surface area contributed by atoms with Crippen LogP contribution in [0.25, 0.3) is 0 Å². The molecule has 1 aromatic heterocycles. The number of carbonyl (C=O) groups is 1. The van der Waals surface area contributed by atoms with Crippen molar-refractivity contribution in [3.05, 3.63) is 16.1 Å². The van der Waals surface area contributed by atoms with Crippen LogP contribution in [0, 0.1) is 0 Å². The molecule has 0 spiro atoms. The monoisotopic (exact) mass is 293 g/mol. The van der Waals surface area contributed by atoms with E-state index in [-0.39, 0.29) is 12.2 Å². The third kappa shape index (κ3) is 5.08. The maximum Gasteiger partial charge on any atom is 0.355 e. The summed E-state index contributed by atoms with van der Waals surface area (Å²) in [5.41, 5.74) is -0.0121. The standard InChI is InChI=1S/C9H15N3O4S2/c1-2-4-10-18(15,16)11-5-3-8-12-7(6-17-8)9(13)14/h6,10-11H,2-5H2,1H3,(H,13,14). The smallest absolute Gasteiger partial charge is 0.355 e. The maximum atomic E-state index is 11.4. The fourth-order valence-electron chi connectivity index (χ4n) is 1.10. The number of nitrogens with one attached hydrogen (secondary N) is 2. The van der Waals surface area contributed by atoms with Crippen LogP contribution in [0.4, 0.5) is 0 Å². The molecule has 0 aromatic carbocycles. The number of thiazole rings is 1. The van der Waals surface area contributed by atoms with Crippen molar-refractivity contribution in [2.75, 3.05) is 13.1 Å². The summed E-state index contributed by atoms with van der Waals surface area (Å²) in [7, 11) is -3.46. The highest BCUT2D eigenvalue weighted by molar-refractivity contribution is 7.87. The van der Waals surface area contributed by atoms with E-state index in [4.69, 9.17) is 5.11 Å². The molecule has 1 rings (SSSR count). The van der Waals surface area contributed by atoms with E-state index in [2.05, 4.69) is 14.4 Å². The number of nitrogens with zero attached hydrogens (tertiary/aromatic N) is 1. The van der Waals surface area contributed by atoms with Crippen molar-refractivity contribution in [1.29, 1.82) is 0 Å². The summed E-state index contributed by atoms with van der Waals surface area (Å²) in [6.07, 6.45) is 1.08. The van der Waals surface area contributed by atoms with Crippen molar-refractivity contribution in [1.82, 2.24) is 14.4 Å². The quantitative estimate of drug-likeness (QED) is 0.635. The molecule has 0 fully saturated rings. The van der Waals surface area contributed by atoms with Crippen LogP contribution in [-0.4, -0.2) is 37.6 Å². The molecular weight excluding hydrogens is 278 g/mol. The lowest BCUT2D eigenvalue weighted by atomic mass is 10.4.